The van der Waals surface area contributed by atoms with E-state index in [2.05, 4.69) is 29.2 Å². The maximum absolute atomic E-state index is 9.43. The number of nitrogens with two attached hydrogens (primary N) is 1. The molecule has 0 radical (unpaired) electrons. The number of nitrogens with zero attached hydrogens (tertiary/aromatic N) is 2. The van der Waals surface area contributed by atoms with Crippen LogP contribution in [0.15, 0.2) is 79.1 Å². The van der Waals surface area contributed by atoms with Crippen molar-refractivity contribution in [1.29, 1.82) is 0 Å². The van der Waals surface area contributed by atoms with Gasteiger partial charge in [0, 0.05) is 18.5 Å². The van der Waals surface area contributed by atoms with E-state index in [0.29, 0.717) is 24.7 Å². The van der Waals surface area contributed by atoms with E-state index in [1.807, 2.05) is 48.5 Å². The molecule has 0 spiro atoms. The van der Waals surface area contributed by atoms with Crippen molar-refractivity contribution in [2.45, 2.75) is 44.6 Å². The molecule has 1 aromatic heterocycles. The smallest absolute Gasteiger partial charge is 0.184 e. The Kier molecular flexibility index (Phi) is 7.72. The minimum Gasteiger partial charge on any atom is -0.392 e. The third kappa shape index (κ3) is 5.49. The minimum absolute atomic E-state index is 0.00178. The van der Waals surface area contributed by atoms with Crippen molar-refractivity contribution < 1.29 is 14.6 Å². The zero-order valence-electron chi connectivity index (χ0n) is 19.6. The molecular formula is C28H27Cl2N3O3. The van der Waals surface area contributed by atoms with Crippen LogP contribution in [0.3, 0.4) is 0 Å². The van der Waals surface area contributed by atoms with E-state index in [-0.39, 0.29) is 24.0 Å². The highest BCUT2D eigenvalue weighted by molar-refractivity contribution is 6.40. The fraction of sp³-hybridized carbons (Fsp3) is 0.250. The normalized spacial score (nSPS) is 19.9. The number of hydrogen-bond donors (Lipinski definition) is 2. The second kappa shape index (κ2) is 11.1. The second-order valence-electron chi connectivity index (χ2n) is 8.86. The van der Waals surface area contributed by atoms with E-state index in [9.17, 15) is 5.11 Å². The maximum Gasteiger partial charge on any atom is 0.184 e. The summed E-state index contributed by atoms with van der Waals surface area (Å²) in [7, 11) is 0. The van der Waals surface area contributed by atoms with Crippen molar-refractivity contribution in [1.82, 2.24) is 9.55 Å². The number of hydrogen-bond acceptors (Lipinski definition) is 5. The predicted molar refractivity (Wildman–Crippen MR) is 140 cm³/mol. The Morgan fingerprint density at radius 3 is 2.36 bits per heavy atom. The SMILES string of the molecule is NCc1cccc(-c2cccc(C3OC(Cn4cnc(Cl)c4Cl)CC(c4ccc(CO)cc4)O3)c2)c1. The van der Waals surface area contributed by atoms with Gasteiger partial charge in [0.2, 0.25) is 0 Å². The van der Waals surface area contributed by atoms with Crippen molar-refractivity contribution >= 4 is 23.2 Å². The van der Waals surface area contributed by atoms with Gasteiger partial charge in [-0.05, 0) is 39.9 Å². The van der Waals surface area contributed by atoms with Crippen LogP contribution in [0.5, 0.6) is 0 Å². The summed E-state index contributed by atoms with van der Waals surface area (Å²) in [5.41, 5.74) is 11.9. The highest BCUT2D eigenvalue weighted by atomic mass is 35.5. The maximum atomic E-state index is 9.43. The Hall–Kier alpha value is -2.71. The predicted octanol–water partition coefficient (Wildman–Crippen LogP) is 6.05. The fourth-order valence-electron chi connectivity index (χ4n) is 4.47. The van der Waals surface area contributed by atoms with E-state index < -0.39 is 6.29 Å². The van der Waals surface area contributed by atoms with Crippen molar-refractivity contribution in [2.24, 2.45) is 5.73 Å². The van der Waals surface area contributed by atoms with Crippen LogP contribution >= 0.6 is 23.2 Å². The fourth-order valence-corrected chi connectivity index (χ4v) is 4.78. The van der Waals surface area contributed by atoms with Gasteiger partial charge in [0.15, 0.2) is 11.4 Å². The summed E-state index contributed by atoms with van der Waals surface area (Å²) in [5.74, 6) is 0. The number of aromatic nitrogens is 2. The van der Waals surface area contributed by atoms with Crippen LogP contribution in [0.1, 0.15) is 41.1 Å². The van der Waals surface area contributed by atoms with Crippen LogP contribution in [0.4, 0.5) is 0 Å². The van der Waals surface area contributed by atoms with Gasteiger partial charge in [-0.2, -0.15) is 0 Å². The zero-order valence-corrected chi connectivity index (χ0v) is 21.1. The quantitative estimate of drug-likeness (QED) is 0.308. The molecule has 0 amide bonds. The molecule has 1 aliphatic rings. The summed E-state index contributed by atoms with van der Waals surface area (Å²) < 4.78 is 14.7. The Labute approximate surface area is 220 Å². The van der Waals surface area contributed by atoms with E-state index >= 15 is 0 Å². The van der Waals surface area contributed by atoms with Crippen molar-refractivity contribution in [3.8, 4) is 11.1 Å². The lowest BCUT2D eigenvalue weighted by molar-refractivity contribution is -0.252. The molecule has 0 saturated carbocycles. The summed E-state index contributed by atoms with van der Waals surface area (Å²) in [4.78, 5) is 4.09. The summed E-state index contributed by atoms with van der Waals surface area (Å²) in [6.07, 6.45) is 1.26. The molecule has 5 rings (SSSR count). The van der Waals surface area contributed by atoms with Crippen LogP contribution in [-0.4, -0.2) is 20.8 Å². The summed E-state index contributed by atoms with van der Waals surface area (Å²) in [6, 6.07) is 24.2. The van der Waals surface area contributed by atoms with E-state index in [0.717, 1.165) is 33.4 Å². The highest BCUT2D eigenvalue weighted by Gasteiger charge is 2.33. The third-order valence-corrected chi connectivity index (χ3v) is 7.17. The van der Waals surface area contributed by atoms with E-state index in [4.69, 9.17) is 38.4 Å². The third-order valence-electron chi connectivity index (χ3n) is 6.40. The monoisotopic (exact) mass is 523 g/mol. The molecule has 2 heterocycles. The summed E-state index contributed by atoms with van der Waals surface area (Å²) in [5, 5.41) is 10.1. The topological polar surface area (TPSA) is 82.5 Å². The average molecular weight is 524 g/mol. The Balaban J connectivity index is 1.45. The minimum atomic E-state index is -0.582. The molecule has 3 unspecified atom stereocenters. The molecule has 3 aromatic carbocycles. The lowest BCUT2D eigenvalue weighted by atomic mass is 9.98. The number of halogens is 2. The number of aliphatic hydroxyl groups is 1. The molecule has 3 N–H and O–H groups in total. The van der Waals surface area contributed by atoms with Gasteiger partial charge in [0.05, 0.1) is 31.7 Å². The standard InChI is InChI=1S/C28H27Cl2N3O3/c29-26-27(30)33(17-32-26)15-24-13-25(20-9-7-18(16-34)8-10-20)36-28(35-24)23-6-2-5-22(12-23)21-4-1-3-19(11-21)14-31/h1-12,17,24-25,28,34H,13-16,31H2. The van der Waals surface area contributed by atoms with Crippen LogP contribution in [0.2, 0.25) is 10.3 Å². The number of benzene rings is 3. The molecule has 1 saturated heterocycles. The molecule has 0 aliphatic carbocycles. The number of imidazole rings is 1. The lowest BCUT2D eigenvalue weighted by Crippen LogP contribution is -2.32. The Bertz CT molecular complexity index is 1330. The molecular weight excluding hydrogens is 497 g/mol. The van der Waals surface area contributed by atoms with Crippen LogP contribution in [0.25, 0.3) is 11.1 Å². The van der Waals surface area contributed by atoms with E-state index in [1.165, 1.54) is 0 Å². The molecule has 8 heteroatoms. The van der Waals surface area contributed by atoms with Gasteiger partial charge < -0.3 is 24.9 Å². The largest absolute Gasteiger partial charge is 0.392 e. The second-order valence-corrected chi connectivity index (χ2v) is 9.57. The van der Waals surface area contributed by atoms with Crippen LogP contribution in [-0.2, 0) is 29.2 Å². The Morgan fingerprint density at radius 1 is 0.917 bits per heavy atom. The highest BCUT2D eigenvalue weighted by Crippen LogP contribution is 2.39. The van der Waals surface area contributed by atoms with Crippen molar-refractivity contribution in [3.63, 3.8) is 0 Å². The average Bonchev–Trinajstić information content (AvgIpc) is 3.25. The molecule has 36 heavy (non-hydrogen) atoms. The summed E-state index contributed by atoms with van der Waals surface area (Å²) in [6.45, 7) is 0.974. The van der Waals surface area contributed by atoms with Gasteiger partial charge in [0.25, 0.3) is 0 Å². The zero-order chi connectivity index (χ0) is 25.1. The summed E-state index contributed by atoms with van der Waals surface area (Å²) >= 11 is 12.4. The van der Waals surface area contributed by atoms with Gasteiger partial charge >= 0.3 is 0 Å². The number of rotatable bonds is 7. The first-order valence-electron chi connectivity index (χ1n) is 11.8. The number of ether oxygens (including phenoxy) is 2. The molecule has 1 aliphatic heterocycles. The molecule has 6 nitrogen and oxygen atoms in total. The van der Waals surface area contributed by atoms with Crippen molar-refractivity contribution in [2.75, 3.05) is 0 Å². The van der Waals surface area contributed by atoms with Crippen LogP contribution < -0.4 is 5.73 Å². The van der Waals surface area contributed by atoms with Gasteiger partial charge in [-0.3, -0.25) is 0 Å². The first kappa shape index (κ1) is 25.0. The van der Waals surface area contributed by atoms with Gasteiger partial charge in [-0.15, -0.1) is 0 Å². The van der Waals surface area contributed by atoms with Gasteiger partial charge in [-0.1, -0.05) is 83.9 Å². The van der Waals surface area contributed by atoms with E-state index in [1.54, 1.807) is 10.9 Å². The molecule has 3 atom stereocenters. The molecule has 1 fully saturated rings. The van der Waals surface area contributed by atoms with Gasteiger partial charge in [-0.25, -0.2) is 4.98 Å². The first-order valence-corrected chi connectivity index (χ1v) is 12.6. The molecule has 4 aromatic rings. The van der Waals surface area contributed by atoms with Gasteiger partial charge in [0.1, 0.15) is 5.15 Å². The van der Waals surface area contributed by atoms with Crippen LogP contribution in [0, 0.1) is 0 Å². The number of aliphatic hydroxyl groups excluding tert-OH is 1. The first-order chi connectivity index (χ1) is 17.5. The molecule has 0 bridgehead atoms. The Morgan fingerprint density at radius 2 is 1.67 bits per heavy atom. The lowest BCUT2D eigenvalue weighted by Gasteiger charge is -2.36. The van der Waals surface area contributed by atoms with Crippen molar-refractivity contribution in [3.05, 3.63) is 112 Å². The molecule has 186 valence electrons.